The van der Waals surface area contributed by atoms with E-state index in [1.807, 2.05) is 30.3 Å². The summed E-state index contributed by atoms with van der Waals surface area (Å²) < 4.78 is 4.99. The van der Waals surface area contributed by atoms with Gasteiger partial charge in [0.25, 0.3) is 5.91 Å². The average Bonchev–Trinajstić information content (AvgIpc) is 3.18. The number of aromatic nitrogens is 1. The van der Waals surface area contributed by atoms with Crippen molar-refractivity contribution in [2.24, 2.45) is 0 Å². The number of hydrogen-bond acceptors (Lipinski definition) is 3. The maximum atomic E-state index is 13.0. The second kappa shape index (κ2) is 7.77. The van der Waals surface area contributed by atoms with Crippen LogP contribution in [-0.4, -0.2) is 36.9 Å². The lowest BCUT2D eigenvalue weighted by Gasteiger charge is -2.12. The van der Waals surface area contributed by atoms with Crippen molar-refractivity contribution < 1.29 is 14.3 Å². The van der Waals surface area contributed by atoms with Gasteiger partial charge in [0.05, 0.1) is 5.56 Å². The zero-order valence-corrected chi connectivity index (χ0v) is 14.0. The third-order valence-corrected chi connectivity index (χ3v) is 4.07. The Morgan fingerprint density at radius 2 is 1.96 bits per heavy atom. The van der Waals surface area contributed by atoms with Crippen molar-refractivity contribution in [3.63, 3.8) is 0 Å². The van der Waals surface area contributed by atoms with Gasteiger partial charge in [-0.3, -0.25) is 9.59 Å². The molecule has 1 heterocycles. The molecule has 128 valence electrons. The van der Waals surface area contributed by atoms with Crippen LogP contribution in [0, 0.1) is 0 Å². The van der Waals surface area contributed by atoms with Gasteiger partial charge in [0.2, 0.25) is 0 Å². The van der Waals surface area contributed by atoms with E-state index in [9.17, 15) is 9.59 Å². The largest absolute Gasteiger partial charge is 0.385 e. The van der Waals surface area contributed by atoms with Gasteiger partial charge in [-0.1, -0.05) is 30.3 Å². The lowest BCUT2D eigenvalue weighted by molar-refractivity contribution is 0.0938. The van der Waals surface area contributed by atoms with Crippen LogP contribution in [-0.2, 0) is 4.74 Å². The highest BCUT2D eigenvalue weighted by atomic mass is 16.5. The van der Waals surface area contributed by atoms with E-state index in [0.29, 0.717) is 29.8 Å². The summed E-state index contributed by atoms with van der Waals surface area (Å²) in [7, 11) is 1.62. The van der Waals surface area contributed by atoms with E-state index in [2.05, 4.69) is 10.3 Å². The van der Waals surface area contributed by atoms with Crippen LogP contribution in [0.15, 0.2) is 54.9 Å². The molecular weight excluding hydrogens is 316 g/mol. The van der Waals surface area contributed by atoms with Gasteiger partial charge < -0.3 is 15.0 Å². The molecule has 5 nitrogen and oxygen atoms in total. The molecule has 0 unspecified atom stereocenters. The van der Waals surface area contributed by atoms with Crippen LogP contribution in [0.2, 0.25) is 0 Å². The second-order valence-corrected chi connectivity index (χ2v) is 5.74. The van der Waals surface area contributed by atoms with Gasteiger partial charge in [-0.25, -0.2) is 0 Å². The van der Waals surface area contributed by atoms with Crippen molar-refractivity contribution in [1.82, 2.24) is 10.3 Å². The molecule has 3 aromatic rings. The summed E-state index contributed by atoms with van der Waals surface area (Å²) in [6.07, 6.45) is 4.06. The lowest BCUT2D eigenvalue weighted by atomic mass is 9.93. The molecule has 0 bridgehead atoms. The van der Waals surface area contributed by atoms with Gasteiger partial charge in [0, 0.05) is 43.8 Å². The number of rotatable bonds is 7. The molecule has 5 heteroatoms. The minimum Gasteiger partial charge on any atom is -0.385 e. The third-order valence-electron chi connectivity index (χ3n) is 4.07. The molecule has 25 heavy (non-hydrogen) atoms. The summed E-state index contributed by atoms with van der Waals surface area (Å²) in [5.74, 6) is -0.416. The van der Waals surface area contributed by atoms with Crippen molar-refractivity contribution in [2.45, 2.75) is 6.42 Å². The molecular formula is C20H20N2O3. The number of ether oxygens (including phenoxy) is 1. The van der Waals surface area contributed by atoms with Crippen molar-refractivity contribution in [1.29, 1.82) is 0 Å². The highest BCUT2D eigenvalue weighted by Gasteiger charge is 2.21. The number of benzene rings is 2. The van der Waals surface area contributed by atoms with Crippen molar-refractivity contribution in [3.05, 3.63) is 71.5 Å². The first kappa shape index (κ1) is 16.9. The summed E-state index contributed by atoms with van der Waals surface area (Å²) in [6, 6.07) is 12.9. The van der Waals surface area contributed by atoms with Crippen LogP contribution < -0.4 is 5.32 Å². The number of ketones is 1. The second-order valence-electron chi connectivity index (χ2n) is 5.74. The number of amides is 1. The minimum absolute atomic E-state index is 0.167. The number of H-pyrrole nitrogens is 1. The van der Waals surface area contributed by atoms with E-state index in [-0.39, 0.29) is 11.7 Å². The summed E-state index contributed by atoms with van der Waals surface area (Å²) in [6.45, 7) is 1.07. The monoisotopic (exact) mass is 336 g/mol. The van der Waals surface area contributed by atoms with Crippen molar-refractivity contribution in [2.75, 3.05) is 20.3 Å². The number of fused-ring (bicyclic) bond motifs is 1. The van der Waals surface area contributed by atoms with Crippen LogP contribution >= 0.6 is 0 Å². The Morgan fingerprint density at radius 1 is 1.12 bits per heavy atom. The quantitative estimate of drug-likeness (QED) is 0.514. The van der Waals surface area contributed by atoms with E-state index in [0.717, 1.165) is 17.2 Å². The highest BCUT2D eigenvalue weighted by Crippen LogP contribution is 2.25. The number of hydrogen-bond donors (Lipinski definition) is 2. The molecule has 0 aliphatic carbocycles. The van der Waals surface area contributed by atoms with E-state index in [4.69, 9.17) is 4.74 Å². The lowest BCUT2D eigenvalue weighted by Crippen LogP contribution is -2.27. The fraction of sp³-hybridized carbons (Fsp3) is 0.200. The summed E-state index contributed by atoms with van der Waals surface area (Å²) in [5, 5.41) is 4.56. The molecule has 0 saturated carbocycles. The number of nitrogens with one attached hydrogen (secondary N) is 2. The first-order valence-electron chi connectivity index (χ1n) is 8.18. The van der Waals surface area contributed by atoms with E-state index >= 15 is 0 Å². The zero-order chi connectivity index (χ0) is 17.6. The van der Waals surface area contributed by atoms with Gasteiger partial charge in [-0.05, 0) is 29.3 Å². The SMILES string of the molecule is COCCCNC(=O)c1ccc2ccccc2c1C(=O)c1cc[nH]c1. The molecule has 2 aromatic carbocycles. The Labute approximate surface area is 146 Å². The Balaban J connectivity index is 2.01. The Kier molecular flexibility index (Phi) is 5.26. The van der Waals surface area contributed by atoms with Gasteiger partial charge in [-0.2, -0.15) is 0 Å². The fourth-order valence-corrected chi connectivity index (χ4v) is 2.83. The van der Waals surface area contributed by atoms with Crippen molar-refractivity contribution >= 4 is 22.5 Å². The van der Waals surface area contributed by atoms with E-state index in [1.54, 1.807) is 31.6 Å². The summed E-state index contributed by atoms with van der Waals surface area (Å²) in [4.78, 5) is 28.5. The smallest absolute Gasteiger partial charge is 0.252 e. The molecule has 0 fully saturated rings. The van der Waals surface area contributed by atoms with Gasteiger partial charge in [-0.15, -0.1) is 0 Å². The summed E-state index contributed by atoms with van der Waals surface area (Å²) in [5.41, 5.74) is 1.36. The number of carbonyl (C=O) groups excluding carboxylic acids is 2. The molecule has 0 saturated heterocycles. The molecule has 0 aliphatic heterocycles. The van der Waals surface area contributed by atoms with Gasteiger partial charge >= 0.3 is 0 Å². The van der Waals surface area contributed by atoms with Gasteiger partial charge in [0.15, 0.2) is 5.78 Å². The Bertz CT molecular complexity index is 885. The topological polar surface area (TPSA) is 71.2 Å². The molecule has 2 N–H and O–H groups in total. The maximum absolute atomic E-state index is 13.0. The Morgan fingerprint density at radius 3 is 2.72 bits per heavy atom. The van der Waals surface area contributed by atoms with Gasteiger partial charge in [0.1, 0.15) is 0 Å². The first-order valence-corrected chi connectivity index (χ1v) is 8.18. The van der Waals surface area contributed by atoms with Crippen LogP contribution in [0.25, 0.3) is 10.8 Å². The molecule has 1 aromatic heterocycles. The predicted molar refractivity (Wildman–Crippen MR) is 97.0 cm³/mol. The molecule has 1 amide bonds. The van der Waals surface area contributed by atoms with Crippen LogP contribution in [0.3, 0.4) is 0 Å². The predicted octanol–water partition coefficient (Wildman–Crippen LogP) is 3.17. The van der Waals surface area contributed by atoms with E-state index in [1.165, 1.54) is 0 Å². The first-order chi connectivity index (χ1) is 12.2. The molecule has 0 radical (unpaired) electrons. The van der Waals surface area contributed by atoms with Crippen LogP contribution in [0.5, 0.6) is 0 Å². The summed E-state index contributed by atoms with van der Waals surface area (Å²) >= 11 is 0. The molecule has 0 atom stereocenters. The number of methoxy groups -OCH3 is 1. The van der Waals surface area contributed by atoms with Crippen LogP contribution in [0.1, 0.15) is 32.7 Å². The Hall–Kier alpha value is -2.92. The van der Waals surface area contributed by atoms with E-state index < -0.39 is 0 Å². The van der Waals surface area contributed by atoms with Crippen molar-refractivity contribution in [3.8, 4) is 0 Å². The maximum Gasteiger partial charge on any atom is 0.252 e. The van der Waals surface area contributed by atoms with Crippen LogP contribution in [0.4, 0.5) is 0 Å². The standard InChI is InChI=1S/C20H20N2O3/c1-25-12-4-10-22-20(24)17-8-7-14-5-2-3-6-16(14)18(17)19(23)15-9-11-21-13-15/h2-3,5-9,11,13,21H,4,10,12H2,1H3,(H,22,24). The normalized spacial score (nSPS) is 10.8. The number of aromatic amines is 1. The highest BCUT2D eigenvalue weighted by molar-refractivity contribution is 6.21. The zero-order valence-electron chi connectivity index (χ0n) is 14.0. The molecule has 3 rings (SSSR count). The average molecular weight is 336 g/mol. The third kappa shape index (κ3) is 3.61. The molecule has 0 spiro atoms. The fourth-order valence-electron chi connectivity index (χ4n) is 2.83. The minimum atomic E-state index is -0.249. The number of carbonyl (C=O) groups is 2. The molecule has 0 aliphatic rings.